The number of rotatable bonds is 4. The van der Waals surface area contributed by atoms with Crippen molar-refractivity contribution < 1.29 is 9.94 Å². The van der Waals surface area contributed by atoms with Crippen molar-refractivity contribution in [1.29, 1.82) is 0 Å². The fourth-order valence-electron chi connectivity index (χ4n) is 1.33. The van der Waals surface area contributed by atoms with Gasteiger partial charge in [-0.15, -0.1) is 0 Å². The second-order valence-electron chi connectivity index (χ2n) is 4.17. The molecule has 4 heteroatoms. The third kappa shape index (κ3) is 3.15. The Hall–Kier alpha value is -1.71. The van der Waals surface area contributed by atoms with E-state index in [2.05, 4.69) is 19.0 Å². The number of hydrogen-bond acceptors (Lipinski definition) is 3. The van der Waals surface area contributed by atoms with Crippen LogP contribution in [0, 0.1) is 12.8 Å². The van der Waals surface area contributed by atoms with Crippen LogP contribution in [0.15, 0.2) is 23.4 Å². The van der Waals surface area contributed by atoms with Gasteiger partial charge in [0.05, 0.1) is 6.61 Å². The lowest BCUT2D eigenvalue weighted by molar-refractivity contribution is 0.271. The van der Waals surface area contributed by atoms with Crippen LogP contribution in [0.4, 0.5) is 0 Å². The summed E-state index contributed by atoms with van der Waals surface area (Å²) in [6, 6.07) is 5.50. The van der Waals surface area contributed by atoms with Gasteiger partial charge in [-0.3, -0.25) is 0 Å². The van der Waals surface area contributed by atoms with Gasteiger partial charge >= 0.3 is 0 Å². The van der Waals surface area contributed by atoms with Gasteiger partial charge in [0.25, 0.3) is 0 Å². The maximum atomic E-state index is 8.59. The predicted octanol–water partition coefficient (Wildman–Crippen LogP) is 2.12. The van der Waals surface area contributed by atoms with E-state index in [1.54, 1.807) is 6.07 Å². The maximum Gasteiger partial charge on any atom is 0.170 e. The summed E-state index contributed by atoms with van der Waals surface area (Å²) in [6.07, 6.45) is 0. The fraction of sp³-hybridized carbons (Fsp3) is 0.417. The Morgan fingerprint density at radius 2 is 2.19 bits per heavy atom. The maximum absolute atomic E-state index is 8.59. The van der Waals surface area contributed by atoms with Crippen LogP contribution in [0.2, 0.25) is 0 Å². The number of nitrogens with zero attached hydrogens (tertiary/aromatic N) is 1. The molecule has 0 saturated heterocycles. The average molecular weight is 222 g/mol. The van der Waals surface area contributed by atoms with Gasteiger partial charge in [-0.2, -0.15) is 0 Å². The fourth-order valence-corrected chi connectivity index (χ4v) is 1.33. The third-order valence-corrected chi connectivity index (χ3v) is 2.16. The summed E-state index contributed by atoms with van der Waals surface area (Å²) in [5, 5.41) is 11.6. The van der Waals surface area contributed by atoms with E-state index >= 15 is 0 Å². The molecule has 0 aromatic heterocycles. The van der Waals surface area contributed by atoms with Crippen molar-refractivity contribution >= 4 is 5.84 Å². The molecule has 16 heavy (non-hydrogen) atoms. The van der Waals surface area contributed by atoms with Crippen LogP contribution in [0.5, 0.6) is 5.75 Å². The largest absolute Gasteiger partial charge is 0.493 e. The first kappa shape index (κ1) is 12.4. The van der Waals surface area contributed by atoms with Gasteiger partial charge in [0.2, 0.25) is 0 Å². The first-order valence-electron chi connectivity index (χ1n) is 5.26. The van der Waals surface area contributed by atoms with Crippen molar-refractivity contribution in [3.63, 3.8) is 0 Å². The molecule has 0 atom stereocenters. The van der Waals surface area contributed by atoms with Crippen LogP contribution < -0.4 is 10.5 Å². The molecule has 0 fully saturated rings. The summed E-state index contributed by atoms with van der Waals surface area (Å²) in [5.74, 6) is 1.41. The second-order valence-corrected chi connectivity index (χ2v) is 4.17. The van der Waals surface area contributed by atoms with Gasteiger partial charge in [-0.25, -0.2) is 0 Å². The molecule has 0 aliphatic heterocycles. The number of amidine groups is 1. The molecule has 0 spiro atoms. The van der Waals surface area contributed by atoms with Gasteiger partial charge in [0.1, 0.15) is 5.75 Å². The monoisotopic (exact) mass is 222 g/mol. The van der Waals surface area contributed by atoms with E-state index in [-0.39, 0.29) is 5.84 Å². The summed E-state index contributed by atoms with van der Waals surface area (Å²) in [4.78, 5) is 0. The van der Waals surface area contributed by atoms with Crippen molar-refractivity contribution in [3.8, 4) is 5.75 Å². The molecule has 0 amide bonds. The summed E-state index contributed by atoms with van der Waals surface area (Å²) >= 11 is 0. The molecule has 0 aliphatic rings. The number of ether oxygens (including phenoxy) is 1. The highest BCUT2D eigenvalue weighted by Gasteiger charge is 2.05. The molecule has 0 aliphatic carbocycles. The summed E-state index contributed by atoms with van der Waals surface area (Å²) in [6.45, 7) is 6.77. The molecule has 1 aromatic carbocycles. The van der Waals surface area contributed by atoms with Gasteiger partial charge in [-0.05, 0) is 36.6 Å². The van der Waals surface area contributed by atoms with Crippen molar-refractivity contribution in [2.75, 3.05) is 6.61 Å². The van der Waals surface area contributed by atoms with Crippen LogP contribution in [-0.4, -0.2) is 17.6 Å². The van der Waals surface area contributed by atoms with Crippen LogP contribution in [-0.2, 0) is 0 Å². The minimum atomic E-state index is 0.118. The zero-order valence-corrected chi connectivity index (χ0v) is 9.90. The second kappa shape index (κ2) is 5.39. The Morgan fingerprint density at radius 3 is 2.69 bits per heavy atom. The van der Waals surface area contributed by atoms with Gasteiger partial charge in [0, 0.05) is 5.56 Å². The third-order valence-electron chi connectivity index (χ3n) is 2.16. The Balaban J connectivity index is 2.83. The van der Waals surface area contributed by atoms with Crippen molar-refractivity contribution in [2.45, 2.75) is 20.8 Å². The molecule has 0 saturated carbocycles. The lowest BCUT2D eigenvalue weighted by Crippen LogP contribution is -2.14. The average Bonchev–Trinajstić information content (AvgIpc) is 2.25. The van der Waals surface area contributed by atoms with Crippen LogP contribution in [0.1, 0.15) is 25.0 Å². The topological polar surface area (TPSA) is 67.8 Å². The minimum absolute atomic E-state index is 0.118. The van der Waals surface area contributed by atoms with Gasteiger partial charge < -0.3 is 15.7 Å². The van der Waals surface area contributed by atoms with Crippen LogP contribution >= 0.6 is 0 Å². The molecular formula is C12H18N2O2. The summed E-state index contributed by atoms with van der Waals surface area (Å²) < 4.78 is 5.57. The number of benzene rings is 1. The van der Waals surface area contributed by atoms with E-state index in [0.717, 1.165) is 16.9 Å². The highest BCUT2D eigenvalue weighted by Crippen LogP contribution is 2.17. The Kier molecular flexibility index (Phi) is 4.17. The zero-order valence-electron chi connectivity index (χ0n) is 9.90. The summed E-state index contributed by atoms with van der Waals surface area (Å²) in [7, 11) is 0. The smallest absolute Gasteiger partial charge is 0.170 e. The van der Waals surface area contributed by atoms with Crippen LogP contribution in [0.3, 0.4) is 0 Å². The highest BCUT2D eigenvalue weighted by atomic mass is 16.5. The number of oxime groups is 1. The lowest BCUT2D eigenvalue weighted by Gasteiger charge is -2.11. The van der Waals surface area contributed by atoms with Crippen LogP contribution in [0.25, 0.3) is 0 Å². The SMILES string of the molecule is Cc1cc(OCC(C)C)ccc1/C(N)=N/O. The normalized spacial score (nSPS) is 11.9. The molecule has 0 unspecified atom stereocenters. The minimum Gasteiger partial charge on any atom is -0.493 e. The molecule has 0 heterocycles. The number of hydrogen-bond donors (Lipinski definition) is 2. The molecule has 3 N–H and O–H groups in total. The van der Waals surface area contributed by atoms with Gasteiger partial charge in [0.15, 0.2) is 5.84 Å². The van der Waals surface area contributed by atoms with Gasteiger partial charge in [-0.1, -0.05) is 19.0 Å². The first-order valence-corrected chi connectivity index (χ1v) is 5.26. The first-order chi connectivity index (χ1) is 7.54. The zero-order chi connectivity index (χ0) is 12.1. The quantitative estimate of drug-likeness (QED) is 0.355. The predicted molar refractivity (Wildman–Crippen MR) is 64.0 cm³/mol. The molecular weight excluding hydrogens is 204 g/mol. The molecule has 1 rings (SSSR count). The van der Waals surface area contributed by atoms with E-state index in [1.165, 1.54) is 0 Å². The van der Waals surface area contributed by atoms with E-state index in [0.29, 0.717) is 12.5 Å². The van der Waals surface area contributed by atoms with E-state index in [1.807, 2.05) is 19.1 Å². The molecule has 0 bridgehead atoms. The number of nitrogens with two attached hydrogens (primary N) is 1. The standard InChI is InChI=1S/C12H18N2O2/c1-8(2)7-16-10-4-5-11(9(3)6-10)12(13)14-15/h4-6,8,15H,7H2,1-3H3,(H2,13,14). The Labute approximate surface area is 95.7 Å². The molecule has 1 aromatic rings. The van der Waals surface area contributed by atoms with Crippen molar-refractivity contribution in [3.05, 3.63) is 29.3 Å². The number of aryl methyl sites for hydroxylation is 1. The highest BCUT2D eigenvalue weighted by molar-refractivity contribution is 5.98. The van der Waals surface area contributed by atoms with Crippen molar-refractivity contribution in [1.82, 2.24) is 0 Å². The van der Waals surface area contributed by atoms with E-state index in [9.17, 15) is 0 Å². The Morgan fingerprint density at radius 1 is 1.50 bits per heavy atom. The molecule has 4 nitrogen and oxygen atoms in total. The molecule has 0 radical (unpaired) electrons. The summed E-state index contributed by atoms with van der Waals surface area (Å²) in [5.41, 5.74) is 7.18. The Bertz CT molecular complexity index is 387. The van der Waals surface area contributed by atoms with Crippen molar-refractivity contribution in [2.24, 2.45) is 16.8 Å². The lowest BCUT2D eigenvalue weighted by atomic mass is 10.1. The molecule has 88 valence electrons. The van der Waals surface area contributed by atoms with E-state index < -0.39 is 0 Å². The van der Waals surface area contributed by atoms with E-state index in [4.69, 9.17) is 15.7 Å².